The Morgan fingerprint density at radius 1 is 0.960 bits per heavy atom. The number of benzene rings is 2. The summed E-state index contributed by atoms with van der Waals surface area (Å²) in [6, 6.07) is 9.33. The summed E-state index contributed by atoms with van der Waals surface area (Å²) in [6.07, 6.45) is 1.31. The summed E-state index contributed by atoms with van der Waals surface area (Å²) >= 11 is 0. The van der Waals surface area contributed by atoms with Gasteiger partial charge in [0.25, 0.3) is 10.0 Å². The first-order chi connectivity index (χ1) is 23.4. The van der Waals surface area contributed by atoms with Crippen molar-refractivity contribution in [1.82, 2.24) is 20.7 Å². The summed E-state index contributed by atoms with van der Waals surface area (Å²) in [5.41, 5.74) is 9.50. The standard InChI is InChI=1S/C35H53N7O7S/c1-22(2)18-28(20-42(8)46)38-33(44)31(23(3)4)40-32(43)30(39-35(45)49-21-27-19-25(6)11-14-26(27)7)10-9-17-37-34(36)41-50(47,48)29-15-12-24(5)13-16-29/h11-16,19-20,22-23,28,30-31H,9-10,17-18,21H2,1-8H3,(H,38,44)(H,39,45)(H,40,43)(H3,36,37,41)/b42-20-/t28?,30-,31-/m0/s1. The maximum absolute atomic E-state index is 13.6. The number of amides is 3. The summed E-state index contributed by atoms with van der Waals surface area (Å²) in [5, 5.41) is 19.9. The van der Waals surface area contributed by atoms with E-state index in [1.165, 1.54) is 25.4 Å². The van der Waals surface area contributed by atoms with Crippen LogP contribution in [0.1, 0.15) is 69.2 Å². The lowest BCUT2D eigenvalue weighted by Gasteiger charge is -2.26. The minimum Gasteiger partial charge on any atom is -0.624 e. The molecule has 0 aliphatic heterocycles. The smallest absolute Gasteiger partial charge is 0.408 e. The Kier molecular flexibility index (Phi) is 16.2. The number of aliphatic imine (C=N–C) groups is 1. The van der Waals surface area contributed by atoms with Crippen LogP contribution in [-0.4, -0.2) is 75.0 Å². The van der Waals surface area contributed by atoms with Crippen molar-refractivity contribution in [2.45, 2.75) is 97.4 Å². The number of nitrogens with one attached hydrogen (secondary N) is 4. The second-order valence-corrected chi connectivity index (χ2v) is 14.9. The second kappa shape index (κ2) is 19.5. The molecule has 50 heavy (non-hydrogen) atoms. The van der Waals surface area contributed by atoms with Gasteiger partial charge in [0.1, 0.15) is 31.8 Å². The highest BCUT2D eigenvalue weighted by Crippen LogP contribution is 2.13. The van der Waals surface area contributed by atoms with Crippen molar-refractivity contribution in [2.75, 3.05) is 13.6 Å². The van der Waals surface area contributed by atoms with E-state index >= 15 is 0 Å². The monoisotopic (exact) mass is 715 g/mol. The quantitative estimate of drug-likeness (QED) is 0.0410. The average Bonchev–Trinajstić information content (AvgIpc) is 3.00. The number of rotatable bonds is 17. The van der Waals surface area contributed by atoms with Gasteiger partial charge >= 0.3 is 6.09 Å². The van der Waals surface area contributed by atoms with Crippen LogP contribution in [0.15, 0.2) is 52.4 Å². The van der Waals surface area contributed by atoms with E-state index in [2.05, 4.69) is 25.7 Å². The highest BCUT2D eigenvalue weighted by molar-refractivity contribution is 7.90. The molecule has 2 aromatic carbocycles. The summed E-state index contributed by atoms with van der Waals surface area (Å²) < 4.78 is 33.6. The molecule has 15 heteroatoms. The molecule has 1 unspecified atom stereocenters. The number of nitrogens with zero attached hydrogens (tertiary/aromatic N) is 2. The number of guanidine groups is 1. The van der Waals surface area contributed by atoms with Gasteiger partial charge in [0.05, 0.1) is 4.90 Å². The number of hydrogen-bond donors (Lipinski definition) is 5. The minimum atomic E-state index is -3.95. The molecular formula is C35H53N7O7S. The summed E-state index contributed by atoms with van der Waals surface area (Å²) in [4.78, 5) is 44.0. The number of sulfonamides is 1. The van der Waals surface area contributed by atoms with E-state index in [9.17, 15) is 28.0 Å². The van der Waals surface area contributed by atoms with E-state index in [1.807, 2.05) is 52.8 Å². The molecule has 3 amide bonds. The van der Waals surface area contributed by atoms with Crippen molar-refractivity contribution in [3.63, 3.8) is 0 Å². The van der Waals surface area contributed by atoms with Gasteiger partial charge in [-0.2, -0.15) is 0 Å². The van der Waals surface area contributed by atoms with Crippen LogP contribution in [0.25, 0.3) is 0 Å². The molecule has 2 rings (SSSR count). The molecular weight excluding hydrogens is 662 g/mol. The third-order valence-electron chi connectivity index (χ3n) is 7.67. The third kappa shape index (κ3) is 14.4. The molecule has 6 N–H and O–H groups in total. The maximum Gasteiger partial charge on any atom is 0.408 e. The largest absolute Gasteiger partial charge is 0.624 e. The predicted molar refractivity (Wildman–Crippen MR) is 194 cm³/mol. The van der Waals surface area contributed by atoms with Gasteiger partial charge in [0, 0.05) is 6.54 Å². The summed E-state index contributed by atoms with van der Waals surface area (Å²) in [5.74, 6) is -1.61. The van der Waals surface area contributed by atoms with Gasteiger partial charge in [-0.1, -0.05) is 69.2 Å². The highest BCUT2D eigenvalue weighted by atomic mass is 32.2. The molecule has 0 saturated heterocycles. The minimum absolute atomic E-state index is 0.0193. The molecule has 0 aliphatic carbocycles. The first-order valence-corrected chi connectivity index (χ1v) is 18.1. The van der Waals surface area contributed by atoms with Gasteiger partial charge in [-0.3, -0.25) is 14.6 Å². The lowest BCUT2D eigenvalue weighted by atomic mass is 10.00. The van der Waals surface area contributed by atoms with E-state index in [0.717, 1.165) is 22.3 Å². The Morgan fingerprint density at radius 3 is 2.20 bits per heavy atom. The van der Waals surface area contributed by atoms with Crippen LogP contribution < -0.4 is 26.4 Å². The van der Waals surface area contributed by atoms with Gasteiger partial charge in [-0.05, 0) is 75.1 Å². The van der Waals surface area contributed by atoms with Crippen LogP contribution in [0.2, 0.25) is 0 Å². The number of carbonyl (C=O) groups excluding carboxylic acids is 3. The second-order valence-electron chi connectivity index (χ2n) is 13.2. The number of hydrogen-bond acceptors (Lipinski definition) is 8. The zero-order valence-corrected chi connectivity index (χ0v) is 31.1. The number of aryl methyl sites for hydroxylation is 3. The molecule has 3 atom stereocenters. The Hall–Kier alpha value is -4.66. The van der Waals surface area contributed by atoms with E-state index in [0.29, 0.717) is 11.2 Å². The van der Waals surface area contributed by atoms with Crippen molar-refractivity contribution >= 4 is 40.1 Å². The Morgan fingerprint density at radius 2 is 1.60 bits per heavy atom. The fraction of sp³-hybridized carbons (Fsp3) is 0.514. The van der Waals surface area contributed by atoms with Crippen LogP contribution in [0.4, 0.5) is 4.79 Å². The van der Waals surface area contributed by atoms with Crippen LogP contribution in [0, 0.1) is 37.8 Å². The van der Waals surface area contributed by atoms with Gasteiger partial charge < -0.3 is 31.6 Å². The predicted octanol–water partition coefficient (Wildman–Crippen LogP) is 3.16. The number of alkyl carbamates (subject to hydrolysis) is 1. The molecule has 276 valence electrons. The van der Waals surface area contributed by atoms with Crippen molar-refractivity contribution in [3.05, 3.63) is 69.9 Å². The normalized spacial score (nSPS) is 14.1. The molecule has 0 aromatic heterocycles. The number of carbonyl (C=O) groups is 3. The number of nitrogens with two attached hydrogens (primary N) is 1. The zero-order chi connectivity index (χ0) is 37.6. The zero-order valence-electron chi connectivity index (χ0n) is 30.3. The van der Waals surface area contributed by atoms with E-state index in [4.69, 9.17) is 10.5 Å². The van der Waals surface area contributed by atoms with Crippen LogP contribution in [-0.2, 0) is 31.0 Å². The average molecular weight is 716 g/mol. The van der Waals surface area contributed by atoms with Crippen LogP contribution >= 0.6 is 0 Å². The SMILES string of the molecule is Cc1ccc(S(=O)(=O)NC(N)=NCCC[C@H](NC(=O)OCc2cc(C)ccc2C)C(=O)N[C@H](C(=O)NC(/C=[N+](/C)[O-])CC(C)C)C(C)C)cc1. The Bertz CT molecular complexity index is 1620. The van der Waals surface area contributed by atoms with Gasteiger partial charge in [-0.15, -0.1) is 0 Å². The van der Waals surface area contributed by atoms with Crippen molar-refractivity contribution in [1.29, 1.82) is 0 Å². The van der Waals surface area contributed by atoms with Crippen molar-refractivity contribution in [3.8, 4) is 0 Å². The lowest BCUT2D eigenvalue weighted by Crippen LogP contribution is -2.57. The molecule has 2 aromatic rings. The first-order valence-electron chi connectivity index (χ1n) is 16.6. The van der Waals surface area contributed by atoms with Crippen molar-refractivity contribution in [2.24, 2.45) is 22.6 Å². The van der Waals surface area contributed by atoms with Crippen LogP contribution in [0.3, 0.4) is 0 Å². The topological polar surface area (TPSA) is 207 Å². The van der Waals surface area contributed by atoms with Gasteiger partial charge in [0.2, 0.25) is 17.8 Å². The van der Waals surface area contributed by atoms with Crippen LogP contribution in [0.5, 0.6) is 0 Å². The van der Waals surface area contributed by atoms with Crippen molar-refractivity contribution < 1.29 is 32.3 Å². The molecule has 0 fully saturated rings. The van der Waals surface area contributed by atoms with E-state index < -0.39 is 46.1 Å². The first kappa shape index (κ1) is 41.5. The number of hydroxylamine groups is 1. The summed E-state index contributed by atoms with van der Waals surface area (Å²) in [6.45, 7) is 13.1. The fourth-order valence-corrected chi connectivity index (χ4v) is 5.92. The Balaban J connectivity index is 2.18. The number of ether oxygens (including phenoxy) is 1. The molecule has 0 aliphatic rings. The fourth-order valence-electron chi connectivity index (χ4n) is 4.97. The molecule has 0 radical (unpaired) electrons. The maximum atomic E-state index is 13.6. The van der Waals surface area contributed by atoms with E-state index in [1.54, 1.807) is 26.0 Å². The molecule has 0 saturated carbocycles. The third-order valence-corrected chi connectivity index (χ3v) is 9.04. The van der Waals surface area contributed by atoms with E-state index in [-0.39, 0.29) is 48.7 Å². The van der Waals surface area contributed by atoms with Gasteiger partial charge in [-0.25, -0.2) is 22.7 Å². The summed E-state index contributed by atoms with van der Waals surface area (Å²) in [7, 11) is -2.62. The van der Waals surface area contributed by atoms with Gasteiger partial charge in [0.15, 0.2) is 6.21 Å². The molecule has 0 heterocycles. The molecule has 0 spiro atoms. The molecule has 0 bridgehead atoms. The molecule has 14 nitrogen and oxygen atoms in total. The Labute approximate surface area is 296 Å². The lowest BCUT2D eigenvalue weighted by molar-refractivity contribution is -0.419. The highest BCUT2D eigenvalue weighted by Gasteiger charge is 2.30.